The predicted molar refractivity (Wildman–Crippen MR) is 103 cm³/mol. The van der Waals surface area contributed by atoms with Crippen molar-refractivity contribution in [2.45, 2.75) is 25.4 Å². The first-order chi connectivity index (χ1) is 13.6. The lowest BCUT2D eigenvalue weighted by molar-refractivity contribution is -0.134. The molecule has 0 aliphatic carbocycles. The first-order valence-electron chi connectivity index (χ1n) is 9.84. The zero-order valence-corrected chi connectivity index (χ0v) is 16.3. The van der Waals surface area contributed by atoms with Gasteiger partial charge in [0, 0.05) is 38.9 Å². The Labute approximate surface area is 165 Å². The average molecular weight is 392 g/mol. The minimum Gasteiger partial charge on any atom is -0.383 e. The van der Waals surface area contributed by atoms with Crippen molar-refractivity contribution in [2.24, 2.45) is 5.92 Å². The molecule has 3 amide bonds. The van der Waals surface area contributed by atoms with E-state index in [4.69, 9.17) is 4.74 Å². The minimum absolute atomic E-state index is 0.0656. The van der Waals surface area contributed by atoms with Crippen LogP contribution >= 0.6 is 0 Å². The Bertz CT molecular complexity index is 679. The van der Waals surface area contributed by atoms with E-state index in [1.165, 1.54) is 6.07 Å². The minimum atomic E-state index is -0.509. The van der Waals surface area contributed by atoms with Gasteiger partial charge in [-0.25, -0.2) is 9.18 Å². The third kappa shape index (κ3) is 5.42. The molecule has 3 rings (SSSR count). The molecule has 8 heteroatoms. The van der Waals surface area contributed by atoms with Crippen LogP contribution in [-0.2, 0) is 16.1 Å². The second-order valence-corrected chi connectivity index (χ2v) is 7.49. The fourth-order valence-corrected chi connectivity index (χ4v) is 3.82. The van der Waals surface area contributed by atoms with E-state index in [2.05, 4.69) is 15.5 Å². The van der Waals surface area contributed by atoms with Crippen molar-refractivity contribution in [1.29, 1.82) is 0 Å². The fourth-order valence-electron chi connectivity index (χ4n) is 3.82. The molecule has 2 fully saturated rings. The largest absolute Gasteiger partial charge is 0.383 e. The summed E-state index contributed by atoms with van der Waals surface area (Å²) in [6.45, 7) is 4.33. The van der Waals surface area contributed by atoms with Crippen LogP contribution in [0.3, 0.4) is 0 Å². The monoisotopic (exact) mass is 392 g/mol. The highest BCUT2D eigenvalue weighted by atomic mass is 19.1. The van der Waals surface area contributed by atoms with E-state index in [1.54, 1.807) is 18.1 Å². The molecule has 2 aliphatic heterocycles. The zero-order chi connectivity index (χ0) is 19.9. The molecule has 0 radical (unpaired) electrons. The van der Waals surface area contributed by atoms with Crippen LogP contribution < -0.4 is 10.6 Å². The van der Waals surface area contributed by atoms with Gasteiger partial charge in [0.25, 0.3) is 0 Å². The van der Waals surface area contributed by atoms with Crippen LogP contribution in [0.15, 0.2) is 24.3 Å². The Hall–Kier alpha value is -2.19. The van der Waals surface area contributed by atoms with Crippen molar-refractivity contribution < 1.29 is 18.7 Å². The maximum atomic E-state index is 13.9. The number of piperidine rings is 1. The fraction of sp³-hybridized carbons (Fsp3) is 0.600. The molecule has 0 spiro atoms. The molecular formula is C20H29FN4O3. The molecule has 0 aromatic heterocycles. The highest BCUT2D eigenvalue weighted by molar-refractivity contribution is 5.90. The lowest BCUT2D eigenvalue weighted by atomic mass is 9.95. The predicted octanol–water partition coefficient (Wildman–Crippen LogP) is 1.19. The molecule has 0 bridgehead atoms. The number of hydrogen-bond donors (Lipinski definition) is 2. The molecule has 2 saturated heterocycles. The SMILES string of the molecule is COCCN(CC1CCN(Cc2ccccc2F)CC1)C(=O)[C@H]1CNC(=O)N1. The van der Waals surface area contributed by atoms with Crippen molar-refractivity contribution in [3.8, 4) is 0 Å². The molecule has 1 atom stereocenters. The number of carbonyl (C=O) groups is 2. The van der Waals surface area contributed by atoms with Gasteiger partial charge in [-0.15, -0.1) is 0 Å². The maximum absolute atomic E-state index is 13.9. The first-order valence-corrected chi connectivity index (χ1v) is 9.84. The van der Waals surface area contributed by atoms with Crippen molar-refractivity contribution >= 4 is 11.9 Å². The van der Waals surface area contributed by atoms with Gasteiger partial charge in [0.15, 0.2) is 0 Å². The van der Waals surface area contributed by atoms with Crippen molar-refractivity contribution in [3.63, 3.8) is 0 Å². The van der Waals surface area contributed by atoms with E-state index < -0.39 is 6.04 Å². The van der Waals surface area contributed by atoms with Crippen LogP contribution in [0, 0.1) is 11.7 Å². The van der Waals surface area contributed by atoms with Gasteiger partial charge in [-0.1, -0.05) is 18.2 Å². The summed E-state index contributed by atoms with van der Waals surface area (Å²) in [7, 11) is 1.61. The van der Waals surface area contributed by atoms with Gasteiger partial charge in [0.1, 0.15) is 11.9 Å². The molecule has 0 saturated carbocycles. The number of nitrogens with one attached hydrogen (secondary N) is 2. The summed E-state index contributed by atoms with van der Waals surface area (Å²) < 4.78 is 19.0. The summed E-state index contributed by atoms with van der Waals surface area (Å²) in [6.07, 6.45) is 1.92. The van der Waals surface area contributed by atoms with E-state index in [1.807, 2.05) is 12.1 Å². The quantitative estimate of drug-likeness (QED) is 0.697. The molecule has 2 heterocycles. The van der Waals surface area contributed by atoms with Gasteiger partial charge < -0.3 is 20.3 Å². The Morgan fingerprint density at radius 2 is 2.07 bits per heavy atom. The van der Waals surface area contributed by atoms with Crippen molar-refractivity contribution in [1.82, 2.24) is 20.4 Å². The van der Waals surface area contributed by atoms with Crippen LogP contribution in [0.2, 0.25) is 0 Å². The molecule has 2 aliphatic rings. The number of methoxy groups -OCH3 is 1. The second-order valence-electron chi connectivity index (χ2n) is 7.49. The average Bonchev–Trinajstić information content (AvgIpc) is 3.14. The topological polar surface area (TPSA) is 73.9 Å². The Morgan fingerprint density at radius 1 is 1.32 bits per heavy atom. The molecule has 2 N–H and O–H groups in total. The number of hydrogen-bond acceptors (Lipinski definition) is 4. The summed E-state index contributed by atoms with van der Waals surface area (Å²) in [5.41, 5.74) is 0.724. The number of likely N-dealkylation sites (tertiary alicyclic amines) is 1. The maximum Gasteiger partial charge on any atom is 0.315 e. The van der Waals surface area contributed by atoms with Gasteiger partial charge >= 0.3 is 6.03 Å². The van der Waals surface area contributed by atoms with Crippen LogP contribution in [-0.4, -0.2) is 74.2 Å². The van der Waals surface area contributed by atoms with Gasteiger partial charge in [0.2, 0.25) is 5.91 Å². The Balaban J connectivity index is 1.51. The Kier molecular flexibility index (Phi) is 7.22. The van der Waals surface area contributed by atoms with E-state index in [-0.39, 0.29) is 17.8 Å². The van der Waals surface area contributed by atoms with E-state index in [0.29, 0.717) is 38.7 Å². The number of carbonyl (C=O) groups excluding carboxylic acids is 2. The molecule has 7 nitrogen and oxygen atoms in total. The van der Waals surface area contributed by atoms with E-state index in [9.17, 15) is 14.0 Å². The summed E-state index contributed by atoms with van der Waals surface area (Å²) in [6, 6.07) is 6.09. The number of rotatable bonds is 8. The summed E-state index contributed by atoms with van der Waals surface area (Å²) in [4.78, 5) is 28.2. The number of urea groups is 1. The number of nitrogens with zero attached hydrogens (tertiary/aromatic N) is 2. The lowest BCUT2D eigenvalue weighted by Crippen LogP contribution is -2.49. The molecule has 28 heavy (non-hydrogen) atoms. The smallest absolute Gasteiger partial charge is 0.315 e. The van der Waals surface area contributed by atoms with Crippen LogP contribution in [0.4, 0.5) is 9.18 Å². The Morgan fingerprint density at radius 3 is 2.71 bits per heavy atom. The standard InChI is InChI=1S/C20H29FN4O3/c1-28-11-10-25(19(26)18-12-22-20(27)23-18)13-15-6-8-24(9-7-15)14-16-4-2-3-5-17(16)21/h2-5,15,18H,6-14H2,1H3,(H2,22,23,27)/t18-/m1/s1. The lowest BCUT2D eigenvalue weighted by Gasteiger charge is -2.35. The highest BCUT2D eigenvalue weighted by Crippen LogP contribution is 2.21. The molecular weight excluding hydrogens is 363 g/mol. The van der Waals surface area contributed by atoms with Gasteiger partial charge in [-0.05, 0) is 37.9 Å². The number of amides is 3. The third-order valence-corrected chi connectivity index (χ3v) is 5.48. The number of halogens is 1. The molecule has 154 valence electrons. The van der Waals surface area contributed by atoms with Crippen LogP contribution in [0.1, 0.15) is 18.4 Å². The number of benzene rings is 1. The normalized spacial score (nSPS) is 20.6. The highest BCUT2D eigenvalue weighted by Gasteiger charge is 2.32. The van der Waals surface area contributed by atoms with Gasteiger partial charge in [-0.3, -0.25) is 9.69 Å². The number of ether oxygens (including phenoxy) is 1. The molecule has 1 aromatic rings. The van der Waals surface area contributed by atoms with Gasteiger partial charge in [-0.2, -0.15) is 0 Å². The van der Waals surface area contributed by atoms with Crippen molar-refractivity contribution in [2.75, 3.05) is 46.4 Å². The second kappa shape index (κ2) is 9.84. The zero-order valence-electron chi connectivity index (χ0n) is 16.3. The molecule has 1 aromatic carbocycles. The summed E-state index contributed by atoms with van der Waals surface area (Å²) in [5.74, 6) is 0.167. The van der Waals surface area contributed by atoms with E-state index in [0.717, 1.165) is 31.5 Å². The van der Waals surface area contributed by atoms with Crippen LogP contribution in [0.5, 0.6) is 0 Å². The first kappa shape index (κ1) is 20.5. The summed E-state index contributed by atoms with van der Waals surface area (Å²) in [5, 5.41) is 5.29. The van der Waals surface area contributed by atoms with Crippen molar-refractivity contribution in [3.05, 3.63) is 35.6 Å². The summed E-state index contributed by atoms with van der Waals surface area (Å²) >= 11 is 0. The van der Waals surface area contributed by atoms with E-state index >= 15 is 0 Å². The molecule has 0 unspecified atom stereocenters. The third-order valence-electron chi connectivity index (χ3n) is 5.48. The van der Waals surface area contributed by atoms with Gasteiger partial charge in [0.05, 0.1) is 6.61 Å². The van der Waals surface area contributed by atoms with Crippen LogP contribution in [0.25, 0.3) is 0 Å².